The number of fused-ring (bicyclic) bond motifs is 5. The molecule has 4 aliphatic carbocycles. The zero-order valence-electron chi connectivity index (χ0n) is 20.6. The lowest BCUT2D eigenvalue weighted by atomic mass is 9.46. The highest BCUT2D eigenvalue weighted by Crippen LogP contribution is 2.67. The Morgan fingerprint density at radius 2 is 1.83 bits per heavy atom. The Kier molecular flexibility index (Phi) is 6.59. The van der Waals surface area contributed by atoms with Gasteiger partial charge < -0.3 is 4.79 Å². The Balaban J connectivity index is 1.47. The van der Waals surface area contributed by atoms with E-state index < -0.39 is 0 Å². The third kappa shape index (κ3) is 3.86. The molecule has 0 N–H and O–H groups in total. The van der Waals surface area contributed by atoms with E-state index in [4.69, 9.17) is 0 Å². The molecule has 0 radical (unpaired) electrons. The average Bonchev–Trinajstić information content (AvgIpc) is 3.05. The van der Waals surface area contributed by atoms with Gasteiger partial charge in [-0.3, -0.25) is 0 Å². The van der Waals surface area contributed by atoms with Gasteiger partial charge in [0.25, 0.3) is 0 Å². The van der Waals surface area contributed by atoms with E-state index in [-0.39, 0.29) is 0 Å². The molecule has 4 rings (SSSR count). The van der Waals surface area contributed by atoms with E-state index in [1.54, 1.807) is 5.57 Å². The fourth-order valence-corrected chi connectivity index (χ4v) is 9.10. The van der Waals surface area contributed by atoms with Crippen molar-refractivity contribution in [3.8, 4) is 0 Å². The van der Waals surface area contributed by atoms with Crippen molar-refractivity contribution in [3.63, 3.8) is 0 Å². The standard InChI is InChI=1S/C29H48O/c1-20(2)7-6-8-21(3)25-11-12-26-24-10-9-23-19-22(15-18-30)13-16-28(23,4)27(24)14-17-29(25,26)5/h9,18,20-22,24-27H,6-8,10-17,19H2,1-5H3/t21-,22?,24?,25-,26?,27?,28+,29-/m1/s1. The normalized spacial score (nSPS) is 44.1. The van der Waals surface area contributed by atoms with Crippen LogP contribution >= 0.6 is 0 Å². The summed E-state index contributed by atoms with van der Waals surface area (Å²) in [6.45, 7) is 12.6. The zero-order chi connectivity index (χ0) is 21.5. The second-order valence-corrected chi connectivity index (χ2v) is 12.8. The summed E-state index contributed by atoms with van der Waals surface area (Å²) in [6, 6.07) is 0. The first kappa shape index (κ1) is 22.6. The number of allylic oxidation sites excluding steroid dienone is 2. The molecule has 0 aliphatic heterocycles. The third-order valence-corrected chi connectivity index (χ3v) is 10.8. The van der Waals surface area contributed by atoms with Crippen molar-refractivity contribution in [1.29, 1.82) is 0 Å². The molecular weight excluding hydrogens is 364 g/mol. The van der Waals surface area contributed by atoms with Crippen molar-refractivity contribution in [2.24, 2.45) is 52.3 Å². The maximum atomic E-state index is 11.1. The van der Waals surface area contributed by atoms with Gasteiger partial charge in [0.05, 0.1) is 0 Å². The summed E-state index contributed by atoms with van der Waals surface area (Å²) in [5.41, 5.74) is 2.77. The van der Waals surface area contributed by atoms with Crippen molar-refractivity contribution < 1.29 is 4.79 Å². The molecule has 0 aromatic rings. The highest BCUT2D eigenvalue weighted by Gasteiger charge is 2.59. The van der Waals surface area contributed by atoms with Crippen molar-refractivity contribution in [3.05, 3.63) is 11.6 Å². The molecule has 0 heterocycles. The van der Waals surface area contributed by atoms with Crippen molar-refractivity contribution in [2.45, 2.75) is 112 Å². The lowest BCUT2D eigenvalue weighted by Crippen LogP contribution is -2.50. The van der Waals surface area contributed by atoms with Gasteiger partial charge in [0.1, 0.15) is 6.29 Å². The minimum absolute atomic E-state index is 0.435. The summed E-state index contributed by atoms with van der Waals surface area (Å²) in [7, 11) is 0. The fraction of sp³-hybridized carbons (Fsp3) is 0.897. The zero-order valence-corrected chi connectivity index (χ0v) is 20.6. The second-order valence-electron chi connectivity index (χ2n) is 12.8. The molecule has 0 amide bonds. The molecule has 8 atom stereocenters. The Morgan fingerprint density at radius 3 is 2.57 bits per heavy atom. The molecule has 170 valence electrons. The van der Waals surface area contributed by atoms with E-state index in [0.717, 1.165) is 48.2 Å². The van der Waals surface area contributed by atoms with Crippen molar-refractivity contribution >= 4 is 6.29 Å². The van der Waals surface area contributed by atoms with Gasteiger partial charge in [-0.05, 0) is 104 Å². The molecule has 3 saturated carbocycles. The van der Waals surface area contributed by atoms with Crippen LogP contribution in [0.3, 0.4) is 0 Å². The molecule has 0 bridgehead atoms. The van der Waals surface area contributed by atoms with Crippen LogP contribution in [0.2, 0.25) is 0 Å². The number of carbonyl (C=O) groups is 1. The first-order valence-corrected chi connectivity index (χ1v) is 13.4. The third-order valence-electron chi connectivity index (χ3n) is 10.8. The van der Waals surface area contributed by atoms with Gasteiger partial charge >= 0.3 is 0 Å². The number of hydrogen-bond acceptors (Lipinski definition) is 1. The monoisotopic (exact) mass is 412 g/mol. The van der Waals surface area contributed by atoms with Crippen LogP contribution in [0.25, 0.3) is 0 Å². The maximum Gasteiger partial charge on any atom is 0.120 e. The van der Waals surface area contributed by atoms with E-state index in [2.05, 4.69) is 40.7 Å². The summed E-state index contributed by atoms with van der Waals surface area (Å²) in [6.07, 6.45) is 19.9. The van der Waals surface area contributed by atoms with Gasteiger partial charge in [0.15, 0.2) is 0 Å². The molecule has 0 spiro atoms. The van der Waals surface area contributed by atoms with Crippen molar-refractivity contribution in [1.82, 2.24) is 0 Å². The van der Waals surface area contributed by atoms with Crippen LogP contribution in [-0.4, -0.2) is 6.29 Å². The van der Waals surface area contributed by atoms with E-state index in [9.17, 15) is 4.79 Å². The maximum absolute atomic E-state index is 11.1. The minimum Gasteiger partial charge on any atom is -0.303 e. The number of rotatable bonds is 7. The summed E-state index contributed by atoms with van der Waals surface area (Å²) in [5.74, 6) is 6.11. The lowest BCUT2D eigenvalue weighted by molar-refractivity contribution is -0.109. The average molecular weight is 413 g/mol. The van der Waals surface area contributed by atoms with E-state index >= 15 is 0 Å². The molecule has 3 fully saturated rings. The quantitative estimate of drug-likeness (QED) is 0.304. The highest BCUT2D eigenvalue weighted by molar-refractivity contribution is 5.50. The van der Waals surface area contributed by atoms with Crippen LogP contribution < -0.4 is 0 Å². The van der Waals surface area contributed by atoms with Crippen LogP contribution in [0.15, 0.2) is 11.6 Å². The smallest absolute Gasteiger partial charge is 0.120 e. The van der Waals surface area contributed by atoms with Crippen LogP contribution in [0.5, 0.6) is 0 Å². The van der Waals surface area contributed by atoms with Gasteiger partial charge in [0, 0.05) is 6.42 Å². The summed E-state index contributed by atoms with van der Waals surface area (Å²) in [4.78, 5) is 11.1. The molecular formula is C29H48O. The molecule has 1 nitrogen and oxygen atoms in total. The molecule has 30 heavy (non-hydrogen) atoms. The van der Waals surface area contributed by atoms with Crippen LogP contribution in [-0.2, 0) is 4.79 Å². The Morgan fingerprint density at radius 1 is 1.03 bits per heavy atom. The van der Waals surface area contributed by atoms with Crippen LogP contribution in [0, 0.1) is 52.3 Å². The molecule has 4 unspecified atom stereocenters. The van der Waals surface area contributed by atoms with Gasteiger partial charge in [0.2, 0.25) is 0 Å². The van der Waals surface area contributed by atoms with E-state index in [1.165, 1.54) is 70.6 Å². The predicted octanol–water partition coefficient (Wildman–Crippen LogP) is 8.23. The van der Waals surface area contributed by atoms with E-state index in [0.29, 0.717) is 16.7 Å². The fourth-order valence-electron chi connectivity index (χ4n) is 9.10. The van der Waals surface area contributed by atoms with Gasteiger partial charge in [-0.15, -0.1) is 0 Å². The molecule has 0 aromatic carbocycles. The Bertz CT molecular complexity index is 647. The Labute approximate surface area is 186 Å². The second kappa shape index (κ2) is 8.74. The molecule has 0 aromatic heterocycles. The van der Waals surface area contributed by atoms with Gasteiger partial charge in [-0.1, -0.05) is 65.5 Å². The number of hydrogen-bond donors (Lipinski definition) is 0. The highest BCUT2D eigenvalue weighted by atomic mass is 16.1. The molecule has 4 aliphatic rings. The van der Waals surface area contributed by atoms with Gasteiger partial charge in [-0.2, -0.15) is 0 Å². The minimum atomic E-state index is 0.435. The number of aldehydes is 1. The van der Waals surface area contributed by atoms with E-state index in [1.807, 2.05) is 0 Å². The molecule has 1 heteroatoms. The SMILES string of the molecule is CC(C)CCC[C@@H](C)[C@H]1CCC2C3CC=C4CC(CC=O)CC[C@]4(C)C3CC[C@@]21C. The number of carbonyl (C=O) groups excluding carboxylic acids is 1. The summed E-state index contributed by atoms with van der Waals surface area (Å²) in [5, 5.41) is 0. The summed E-state index contributed by atoms with van der Waals surface area (Å²) < 4.78 is 0. The summed E-state index contributed by atoms with van der Waals surface area (Å²) >= 11 is 0. The van der Waals surface area contributed by atoms with Gasteiger partial charge in [-0.25, -0.2) is 0 Å². The lowest BCUT2D eigenvalue weighted by Gasteiger charge is -2.58. The largest absolute Gasteiger partial charge is 0.303 e. The topological polar surface area (TPSA) is 17.1 Å². The predicted molar refractivity (Wildman–Crippen MR) is 127 cm³/mol. The first-order chi connectivity index (χ1) is 14.3. The van der Waals surface area contributed by atoms with Crippen molar-refractivity contribution in [2.75, 3.05) is 0 Å². The first-order valence-electron chi connectivity index (χ1n) is 13.4. The van der Waals surface area contributed by atoms with Crippen LogP contribution in [0.1, 0.15) is 112 Å². The van der Waals surface area contributed by atoms with Crippen LogP contribution in [0.4, 0.5) is 0 Å². The molecule has 0 saturated heterocycles. The Hall–Kier alpha value is -0.590.